The van der Waals surface area contributed by atoms with Gasteiger partial charge in [-0.3, -0.25) is 0 Å². The molecule has 6 nitrogen and oxygen atoms in total. The van der Waals surface area contributed by atoms with E-state index in [9.17, 15) is 9.59 Å². The lowest BCUT2D eigenvalue weighted by Crippen LogP contribution is -3.00. The number of esters is 2. The van der Waals surface area contributed by atoms with E-state index in [2.05, 4.69) is 16.8 Å². The molecular formula is C34H55BrN2O4. The number of aromatic amines is 1. The van der Waals surface area contributed by atoms with Crippen molar-refractivity contribution in [1.29, 1.82) is 0 Å². The van der Waals surface area contributed by atoms with E-state index in [0.717, 1.165) is 36.3 Å². The highest BCUT2D eigenvalue weighted by molar-refractivity contribution is 5.99. The summed E-state index contributed by atoms with van der Waals surface area (Å²) >= 11 is 0. The molecule has 0 fully saturated rings. The van der Waals surface area contributed by atoms with Crippen LogP contribution in [-0.2, 0) is 19.1 Å². The lowest BCUT2D eigenvalue weighted by atomic mass is 9.80. The van der Waals surface area contributed by atoms with Crippen molar-refractivity contribution in [3.8, 4) is 0 Å². The number of hydrogen-bond donors (Lipinski definition) is 0. The van der Waals surface area contributed by atoms with Gasteiger partial charge in [0, 0.05) is 29.6 Å². The maximum atomic E-state index is 13.3. The fourth-order valence-corrected chi connectivity index (χ4v) is 5.77. The highest BCUT2D eigenvalue weighted by atomic mass is 79.9. The molecule has 0 unspecified atom stereocenters. The minimum Gasteiger partial charge on any atom is -1.00 e. The SMILES string of the molecule is CCCCCCCCCCCCCCCCN1C(C)=C(C(=O)OCC)C(c2ccc[nH+]c2)C(C(=O)OCC)=C1C.[Br-]. The summed E-state index contributed by atoms with van der Waals surface area (Å²) in [4.78, 5) is 31.8. The Morgan fingerprint density at radius 2 is 1.17 bits per heavy atom. The topological polar surface area (TPSA) is 70.0 Å². The quantitative estimate of drug-likeness (QED) is 0.148. The summed E-state index contributed by atoms with van der Waals surface area (Å²) < 4.78 is 11.0. The molecule has 1 aromatic heterocycles. The Bertz CT molecular complexity index is 919. The lowest BCUT2D eigenvalue weighted by Gasteiger charge is -2.37. The molecular weight excluding hydrogens is 580 g/mol. The second-order valence-corrected chi connectivity index (χ2v) is 11.0. The van der Waals surface area contributed by atoms with Crippen molar-refractivity contribution in [2.75, 3.05) is 19.8 Å². The third kappa shape index (κ3) is 11.9. The number of aromatic nitrogens is 1. The first-order valence-corrected chi connectivity index (χ1v) is 16.0. The number of unbranched alkanes of at least 4 members (excludes halogenated alkanes) is 13. The van der Waals surface area contributed by atoms with Gasteiger partial charge in [0.2, 0.25) is 0 Å². The van der Waals surface area contributed by atoms with Crippen LogP contribution in [0.15, 0.2) is 47.1 Å². The number of nitrogens with one attached hydrogen (secondary N) is 1. The second-order valence-electron chi connectivity index (χ2n) is 11.0. The number of rotatable bonds is 20. The van der Waals surface area contributed by atoms with Gasteiger partial charge in [-0.15, -0.1) is 0 Å². The van der Waals surface area contributed by atoms with E-state index in [1.54, 1.807) is 0 Å². The van der Waals surface area contributed by atoms with Gasteiger partial charge in [0.15, 0.2) is 12.4 Å². The van der Waals surface area contributed by atoms with Crippen LogP contribution in [0.5, 0.6) is 0 Å². The third-order valence-electron chi connectivity index (χ3n) is 7.96. The Labute approximate surface area is 260 Å². The molecule has 2 heterocycles. The Morgan fingerprint density at radius 3 is 1.56 bits per heavy atom. The summed E-state index contributed by atoms with van der Waals surface area (Å²) in [5, 5.41) is 0. The Balaban J connectivity index is 0.00000840. The molecule has 7 heteroatoms. The largest absolute Gasteiger partial charge is 1.00 e. The van der Waals surface area contributed by atoms with Crippen LogP contribution in [0.2, 0.25) is 0 Å². The number of nitrogens with zero attached hydrogens (tertiary/aromatic N) is 1. The van der Waals surface area contributed by atoms with Gasteiger partial charge in [-0.25, -0.2) is 14.6 Å². The molecule has 0 bridgehead atoms. The fraction of sp³-hybridized carbons (Fsp3) is 0.676. The first kappa shape index (κ1) is 36.9. The van der Waals surface area contributed by atoms with Gasteiger partial charge in [0.25, 0.3) is 0 Å². The molecule has 1 aliphatic heterocycles. The number of H-pyrrole nitrogens is 1. The minimum atomic E-state index is -0.539. The number of halogens is 1. The van der Waals surface area contributed by atoms with Crippen LogP contribution in [0.1, 0.15) is 136 Å². The maximum Gasteiger partial charge on any atom is 0.336 e. The van der Waals surface area contributed by atoms with Crippen LogP contribution in [0, 0.1) is 0 Å². The standard InChI is InChI=1S/C34H54N2O4.BrH/c1-6-9-10-11-12-13-14-15-16-17-18-19-20-21-25-36-27(4)30(33(37)39-7-2)32(29-23-22-24-35-26-29)31(28(36)5)34(38)40-8-3;/h22-24,26,32H,6-21,25H2,1-5H3;1H. The predicted molar refractivity (Wildman–Crippen MR) is 161 cm³/mol. The van der Waals surface area contributed by atoms with Crippen LogP contribution in [0.4, 0.5) is 0 Å². The second kappa shape index (κ2) is 21.5. The average Bonchev–Trinajstić information content (AvgIpc) is 2.95. The van der Waals surface area contributed by atoms with Crippen molar-refractivity contribution < 1.29 is 41.0 Å². The maximum absolute atomic E-state index is 13.3. The summed E-state index contributed by atoms with van der Waals surface area (Å²) in [6.07, 6.45) is 22.0. The van der Waals surface area contributed by atoms with Crippen molar-refractivity contribution in [2.24, 2.45) is 0 Å². The fourth-order valence-electron chi connectivity index (χ4n) is 5.77. The molecule has 41 heavy (non-hydrogen) atoms. The van der Waals surface area contributed by atoms with Crippen LogP contribution in [-0.4, -0.2) is 36.6 Å². The molecule has 0 aromatic carbocycles. The van der Waals surface area contributed by atoms with Gasteiger partial charge in [0.05, 0.1) is 30.3 Å². The molecule has 1 N–H and O–H groups in total. The van der Waals surface area contributed by atoms with E-state index < -0.39 is 5.92 Å². The summed E-state index contributed by atoms with van der Waals surface area (Å²) in [5.41, 5.74) is 3.57. The number of ether oxygens (including phenoxy) is 2. The van der Waals surface area contributed by atoms with E-state index in [1.165, 1.54) is 77.0 Å². The van der Waals surface area contributed by atoms with E-state index >= 15 is 0 Å². The molecule has 232 valence electrons. The Hall–Kier alpha value is -2.15. The highest BCUT2D eigenvalue weighted by Gasteiger charge is 2.41. The van der Waals surface area contributed by atoms with Crippen LogP contribution in [0.3, 0.4) is 0 Å². The number of carbonyl (C=O) groups is 2. The zero-order chi connectivity index (χ0) is 29.2. The number of allylic oxidation sites excluding steroid dienone is 2. The minimum absolute atomic E-state index is 0. The molecule has 1 aromatic rings. The van der Waals surface area contributed by atoms with Crippen molar-refractivity contribution in [3.05, 3.63) is 52.6 Å². The number of carbonyl (C=O) groups excluding carboxylic acids is 2. The normalized spacial score (nSPS) is 13.8. The first-order valence-electron chi connectivity index (χ1n) is 16.0. The number of pyridine rings is 1. The summed E-state index contributed by atoms with van der Waals surface area (Å²) in [7, 11) is 0. The summed E-state index contributed by atoms with van der Waals surface area (Å²) in [6, 6.07) is 3.82. The van der Waals surface area contributed by atoms with Crippen LogP contribution >= 0.6 is 0 Å². The van der Waals surface area contributed by atoms with Crippen molar-refractivity contribution in [2.45, 2.75) is 130 Å². The molecule has 0 spiro atoms. The lowest BCUT2D eigenvalue weighted by molar-refractivity contribution is -0.378. The van der Waals surface area contributed by atoms with E-state index in [0.29, 0.717) is 11.1 Å². The average molecular weight is 636 g/mol. The van der Waals surface area contributed by atoms with Gasteiger partial charge in [-0.2, -0.15) is 0 Å². The molecule has 0 saturated heterocycles. The molecule has 0 amide bonds. The van der Waals surface area contributed by atoms with Gasteiger partial charge in [-0.1, -0.05) is 90.4 Å². The van der Waals surface area contributed by atoms with Crippen molar-refractivity contribution >= 4 is 11.9 Å². The number of hydrogen-bond acceptors (Lipinski definition) is 5. The Kier molecular flexibility index (Phi) is 19.4. The molecule has 1 aliphatic rings. The third-order valence-corrected chi connectivity index (χ3v) is 7.96. The zero-order valence-corrected chi connectivity index (χ0v) is 28.0. The monoisotopic (exact) mass is 634 g/mol. The van der Waals surface area contributed by atoms with Gasteiger partial charge in [0.1, 0.15) is 0 Å². The molecule has 2 rings (SSSR count). The zero-order valence-electron chi connectivity index (χ0n) is 26.4. The molecule has 0 atom stereocenters. The van der Waals surface area contributed by atoms with Crippen LogP contribution in [0.25, 0.3) is 0 Å². The highest BCUT2D eigenvalue weighted by Crippen LogP contribution is 2.42. The summed E-state index contributed by atoms with van der Waals surface area (Å²) in [6.45, 7) is 11.1. The van der Waals surface area contributed by atoms with Crippen molar-refractivity contribution in [3.63, 3.8) is 0 Å². The van der Waals surface area contributed by atoms with Crippen LogP contribution < -0.4 is 22.0 Å². The van der Waals surface area contributed by atoms with E-state index in [-0.39, 0.29) is 42.1 Å². The van der Waals surface area contributed by atoms with Gasteiger partial charge < -0.3 is 31.4 Å². The molecule has 0 aliphatic carbocycles. The van der Waals surface area contributed by atoms with E-state index in [1.807, 2.05) is 52.2 Å². The molecule has 0 radical (unpaired) electrons. The summed E-state index contributed by atoms with van der Waals surface area (Å²) in [5.74, 6) is -1.30. The molecule has 0 saturated carbocycles. The van der Waals surface area contributed by atoms with Gasteiger partial charge in [-0.05, 0) is 40.2 Å². The first-order chi connectivity index (χ1) is 19.5. The predicted octanol–water partition coefficient (Wildman–Crippen LogP) is 5.06. The Morgan fingerprint density at radius 1 is 0.732 bits per heavy atom. The van der Waals surface area contributed by atoms with E-state index in [4.69, 9.17) is 9.47 Å². The van der Waals surface area contributed by atoms with Crippen molar-refractivity contribution in [1.82, 2.24) is 4.90 Å². The van der Waals surface area contributed by atoms with Gasteiger partial charge >= 0.3 is 11.9 Å². The smallest absolute Gasteiger partial charge is 0.336 e.